The summed E-state index contributed by atoms with van der Waals surface area (Å²) in [5.74, 6) is 0.776. The third kappa shape index (κ3) is 5.76. The van der Waals surface area contributed by atoms with Gasteiger partial charge in [-0.05, 0) is 18.2 Å². The standard InChI is InChI=1S/C18H21ClN2O3/c1-23-17(15-9-5-6-10-16(15)19)13-21-18(22)20-11-12-24-14-7-3-2-4-8-14/h2-10,17H,11-13H2,1H3,(H2,20,21,22)/t17-/m0/s1. The quantitative estimate of drug-likeness (QED) is 0.719. The monoisotopic (exact) mass is 348 g/mol. The minimum Gasteiger partial charge on any atom is -0.492 e. The first-order valence-corrected chi connectivity index (χ1v) is 8.05. The molecule has 0 aliphatic rings. The first-order valence-electron chi connectivity index (χ1n) is 7.67. The van der Waals surface area contributed by atoms with Crippen LogP contribution in [0.5, 0.6) is 5.75 Å². The summed E-state index contributed by atoms with van der Waals surface area (Å²) in [5.41, 5.74) is 0.842. The van der Waals surface area contributed by atoms with Crippen LogP contribution in [0.25, 0.3) is 0 Å². The van der Waals surface area contributed by atoms with Gasteiger partial charge in [0, 0.05) is 24.2 Å². The number of hydrogen-bond acceptors (Lipinski definition) is 3. The Morgan fingerprint density at radius 1 is 1.08 bits per heavy atom. The molecule has 2 rings (SSSR count). The number of hydrogen-bond donors (Lipinski definition) is 2. The van der Waals surface area contributed by atoms with Gasteiger partial charge in [-0.15, -0.1) is 0 Å². The Bertz CT molecular complexity index is 637. The SMILES string of the molecule is CO[C@@H](CNC(=O)NCCOc1ccccc1)c1ccccc1Cl. The molecule has 2 amide bonds. The van der Waals surface area contributed by atoms with Gasteiger partial charge < -0.3 is 20.1 Å². The van der Waals surface area contributed by atoms with Gasteiger partial charge in [0.05, 0.1) is 6.54 Å². The predicted octanol–water partition coefficient (Wildman–Crippen LogP) is 3.41. The summed E-state index contributed by atoms with van der Waals surface area (Å²) in [6.45, 7) is 1.13. The van der Waals surface area contributed by atoms with Crippen molar-refractivity contribution in [2.75, 3.05) is 26.8 Å². The highest BCUT2D eigenvalue weighted by molar-refractivity contribution is 6.31. The van der Waals surface area contributed by atoms with Crippen LogP contribution in [0.4, 0.5) is 4.79 Å². The third-order valence-electron chi connectivity index (χ3n) is 3.38. The second-order valence-electron chi connectivity index (χ2n) is 5.04. The molecule has 5 nitrogen and oxygen atoms in total. The van der Waals surface area contributed by atoms with E-state index in [1.54, 1.807) is 13.2 Å². The van der Waals surface area contributed by atoms with Gasteiger partial charge in [0.15, 0.2) is 0 Å². The van der Waals surface area contributed by atoms with E-state index in [1.165, 1.54) is 0 Å². The van der Waals surface area contributed by atoms with Gasteiger partial charge in [0.1, 0.15) is 18.5 Å². The number of methoxy groups -OCH3 is 1. The van der Waals surface area contributed by atoms with Crippen LogP contribution in [-0.2, 0) is 4.74 Å². The number of nitrogens with one attached hydrogen (secondary N) is 2. The molecular formula is C18H21ClN2O3. The van der Waals surface area contributed by atoms with E-state index in [0.29, 0.717) is 24.7 Å². The number of ether oxygens (including phenoxy) is 2. The van der Waals surface area contributed by atoms with E-state index in [-0.39, 0.29) is 12.1 Å². The van der Waals surface area contributed by atoms with E-state index in [4.69, 9.17) is 21.1 Å². The van der Waals surface area contributed by atoms with Gasteiger partial charge in [0.2, 0.25) is 0 Å². The summed E-state index contributed by atoms with van der Waals surface area (Å²) >= 11 is 6.15. The number of amides is 2. The summed E-state index contributed by atoms with van der Waals surface area (Å²) < 4.78 is 10.9. The minimum atomic E-state index is -0.301. The molecule has 0 radical (unpaired) electrons. The zero-order chi connectivity index (χ0) is 17.2. The Kier molecular flexibility index (Phi) is 7.39. The number of benzene rings is 2. The second kappa shape index (κ2) is 9.80. The van der Waals surface area contributed by atoms with Gasteiger partial charge in [-0.2, -0.15) is 0 Å². The lowest BCUT2D eigenvalue weighted by Gasteiger charge is -2.18. The van der Waals surface area contributed by atoms with Gasteiger partial charge in [-0.25, -0.2) is 4.79 Å². The Balaban J connectivity index is 1.69. The van der Waals surface area contributed by atoms with Crippen molar-refractivity contribution in [2.45, 2.75) is 6.10 Å². The molecule has 0 fully saturated rings. The summed E-state index contributed by atoms with van der Waals surface area (Å²) in [5, 5.41) is 6.12. The lowest BCUT2D eigenvalue weighted by atomic mass is 10.1. The van der Waals surface area contributed by atoms with Crippen molar-refractivity contribution in [3.63, 3.8) is 0 Å². The van der Waals surface area contributed by atoms with E-state index >= 15 is 0 Å². The number of para-hydroxylation sites is 1. The maximum absolute atomic E-state index is 11.8. The summed E-state index contributed by atoms with van der Waals surface area (Å²) in [4.78, 5) is 11.8. The van der Waals surface area contributed by atoms with Crippen LogP contribution in [0.3, 0.4) is 0 Å². The summed E-state index contributed by atoms with van der Waals surface area (Å²) in [6.07, 6.45) is -0.301. The smallest absolute Gasteiger partial charge is 0.315 e. The maximum Gasteiger partial charge on any atom is 0.315 e. The molecule has 0 saturated heterocycles. The van der Waals surface area contributed by atoms with Gasteiger partial charge >= 0.3 is 6.03 Å². The second-order valence-corrected chi connectivity index (χ2v) is 5.45. The summed E-state index contributed by atoms with van der Waals surface area (Å²) in [7, 11) is 1.58. The van der Waals surface area contributed by atoms with Crippen molar-refractivity contribution >= 4 is 17.6 Å². The minimum absolute atomic E-state index is 0.277. The molecule has 2 aromatic carbocycles. The van der Waals surface area contributed by atoms with Crippen molar-refractivity contribution in [1.82, 2.24) is 10.6 Å². The molecule has 0 unspecified atom stereocenters. The van der Waals surface area contributed by atoms with Crippen molar-refractivity contribution < 1.29 is 14.3 Å². The molecule has 0 aromatic heterocycles. The Labute approximate surface area is 146 Å². The molecule has 24 heavy (non-hydrogen) atoms. The number of halogens is 1. The lowest BCUT2D eigenvalue weighted by molar-refractivity contribution is 0.104. The third-order valence-corrected chi connectivity index (χ3v) is 3.73. The highest BCUT2D eigenvalue weighted by atomic mass is 35.5. The van der Waals surface area contributed by atoms with Gasteiger partial charge in [-0.1, -0.05) is 48.0 Å². The van der Waals surface area contributed by atoms with Gasteiger partial charge in [0.25, 0.3) is 0 Å². The Morgan fingerprint density at radius 2 is 1.79 bits per heavy atom. The predicted molar refractivity (Wildman–Crippen MR) is 94.5 cm³/mol. The van der Waals surface area contributed by atoms with Crippen molar-refractivity contribution in [3.8, 4) is 5.75 Å². The van der Waals surface area contributed by atoms with E-state index < -0.39 is 0 Å². The zero-order valence-corrected chi connectivity index (χ0v) is 14.3. The number of rotatable bonds is 8. The number of urea groups is 1. The van der Waals surface area contributed by atoms with Crippen LogP contribution in [0.2, 0.25) is 5.02 Å². The van der Waals surface area contributed by atoms with Crippen LogP contribution in [0.15, 0.2) is 54.6 Å². The molecule has 0 aliphatic heterocycles. The topological polar surface area (TPSA) is 59.6 Å². The highest BCUT2D eigenvalue weighted by Crippen LogP contribution is 2.24. The normalized spacial score (nSPS) is 11.6. The van der Waals surface area contributed by atoms with Gasteiger partial charge in [-0.3, -0.25) is 0 Å². The van der Waals surface area contributed by atoms with Crippen LogP contribution in [0.1, 0.15) is 11.7 Å². The van der Waals surface area contributed by atoms with Crippen molar-refractivity contribution in [3.05, 3.63) is 65.2 Å². The molecule has 2 N–H and O–H groups in total. The molecule has 0 saturated carbocycles. The molecule has 0 spiro atoms. The Morgan fingerprint density at radius 3 is 2.50 bits per heavy atom. The maximum atomic E-state index is 11.8. The first kappa shape index (κ1) is 18.1. The molecule has 0 aliphatic carbocycles. The molecular weight excluding hydrogens is 328 g/mol. The van der Waals surface area contributed by atoms with Crippen molar-refractivity contribution in [1.29, 1.82) is 0 Å². The van der Waals surface area contributed by atoms with E-state index in [9.17, 15) is 4.79 Å². The fraction of sp³-hybridized carbons (Fsp3) is 0.278. The van der Waals surface area contributed by atoms with Crippen LogP contribution < -0.4 is 15.4 Å². The van der Waals surface area contributed by atoms with E-state index in [0.717, 1.165) is 11.3 Å². The largest absolute Gasteiger partial charge is 0.492 e. The molecule has 1 atom stereocenters. The Hall–Kier alpha value is -2.24. The van der Waals surface area contributed by atoms with Crippen LogP contribution >= 0.6 is 11.6 Å². The molecule has 0 heterocycles. The van der Waals surface area contributed by atoms with Crippen LogP contribution in [-0.4, -0.2) is 32.8 Å². The first-order chi connectivity index (χ1) is 11.7. The summed E-state index contributed by atoms with van der Waals surface area (Å²) in [6, 6.07) is 16.6. The zero-order valence-electron chi connectivity index (χ0n) is 13.5. The molecule has 2 aromatic rings. The van der Waals surface area contributed by atoms with Crippen molar-refractivity contribution in [2.24, 2.45) is 0 Å². The van der Waals surface area contributed by atoms with Crippen LogP contribution in [0, 0.1) is 0 Å². The fourth-order valence-corrected chi connectivity index (χ4v) is 2.41. The van der Waals surface area contributed by atoms with E-state index in [1.807, 2.05) is 48.5 Å². The molecule has 128 valence electrons. The highest BCUT2D eigenvalue weighted by Gasteiger charge is 2.14. The number of carbonyl (C=O) groups excluding carboxylic acids is 1. The average molecular weight is 349 g/mol. The molecule has 6 heteroatoms. The van der Waals surface area contributed by atoms with E-state index in [2.05, 4.69) is 10.6 Å². The lowest BCUT2D eigenvalue weighted by Crippen LogP contribution is -2.39. The average Bonchev–Trinajstić information content (AvgIpc) is 2.61. The fourth-order valence-electron chi connectivity index (χ4n) is 2.15. The molecule has 0 bridgehead atoms. The number of carbonyl (C=O) groups is 1.